The average Bonchev–Trinajstić information content (AvgIpc) is 2.09. The predicted octanol–water partition coefficient (Wildman–Crippen LogP) is 2.51. The lowest BCUT2D eigenvalue weighted by atomic mass is 10.2. The summed E-state index contributed by atoms with van der Waals surface area (Å²) in [5.41, 5.74) is 2.37. The van der Waals surface area contributed by atoms with Gasteiger partial charge in [-0.25, -0.2) is 0 Å². The van der Waals surface area contributed by atoms with Crippen molar-refractivity contribution in [3.05, 3.63) is 29.8 Å². The predicted molar refractivity (Wildman–Crippen MR) is 53.4 cm³/mol. The minimum atomic E-state index is 0. The van der Waals surface area contributed by atoms with Crippen LogP contribution in [0.15, 0.2) is 24.3 Å². The van der Waals surface area contributed by atoms with Crippen LogP contribution in [0.2, 0.25) is 0 Å². The van der Waals surface area contributed by atoms with Crippen molar-refractivity contribution in [2.75, 3.05) is 19.0 Å². The van der Waals surface area contributed by atoms with Gasteiger partial charge in [-0.15, -0.1) is 0 Å². The highest BCUT2D eigenvalue weighted by Gasteiger charge is 1.91. The van der Waals surface area contributed by atoms with Crippen molar-refractivity contribution >= 4 is 5.69 Å². The Morgan fingerprint density at radius 2 is 2.00 bits per heavy atom. The molecular formula is C10H17NO. The van der Waals surface area contributed by atoms with Gasteiger partial charge in [0.1, 0.15) is 0 Å². The molecule has 0 amide bonds. The van der Waals surface area contributed by atoms with E-state index in [2.05, 4.69) is 36.5 Å². The molecule has 1 aromatic rings. The molecular weight excluding hydrogens is 150 g/mol. The molecule has 0 aliphatic rings. The Bertz CT molecular complexity index is 198. The fourth-order valence-electron chi connectivity index (χ4n) is 1.09. The summed E-state index contributed by atoms with van der Waals surface area (Å²) in [6.07, 6.45) is 0. The van der Waals surface area contributed by atoms with Crippen LogP contribution < -0.4 is 5.32 Å². The molecule has 2 nitrogen and oxygen atoms in total. The van der Waals surface area contributed by atoms with Crippen LogP contribution in [0.1, 0.15) is 13.9 Å². The quantitative estimate of drug-likeness (QED) is 0.744. The van der Waals surface area contributed by atoms with Crippen molar-refractivity contribution in [1.82, 2.24) is 0 Å². The summed E-state index contributed by atoms with van der Waals surface area (Å²) in [4.78, 5) is 0. The van der Waals surface area contributed by atoms with Crippen molar-refractivity contribution in [3.63, 3.8) is 0 Å². The average molecular weight is 167 g/mol. The van der Waals surface area contributed by atoms with E-state index >= 15 is 0 Å². The van der Waals surface area contributed by atoms with Crippen molar-refractivity contribution in [2.24, 2.45) is 0 Å². The first-order chi connectivity index (χ1) is 5.86. The second kappa shape index (κ2) is 4.78. The SMILES string of the molecule is CCNc1ccc(COC)cc1.[HH]. The van der Waals surface area contributed by atoms with Crippen LogP contribution in [0.3, 0.4) is 0 Å². The van der Waals surface area contributed by atoms with Gasteiger partial charge in [0.15, 0.2) is 0 Å². The van der Waals surface area contributed by atoms with Gasteiger partial charge in [0, 0.05) is 20.8 Å². The summed E-state index contributed by atoms with van der Waals surface area (Å²) < 4.78 is 5.01. The van der Waals surface area contributed by atoms with Crippen molar-refractivity contribution in [1.29, 1.82) is 0 Å². The highest BCUT2D eigenvalue weighted by atomic mass is 16.5. The zero-order valence-electron chi connectivity index (χ0n) is 7.63. The van der Waals surface area contributed by atoms with Gasteiger partial charge >= 0.3 is 0 Å². The van der Waals surface area contributed by atoms with Crippen LogP contribution in [0.4, 0.5) is 5.69 Å². The van der Waals surface area contributed by atoms with Gasteiger partial charge in [0.25, 0.3) is 0 Å². The Kier molecular flexibility index (Phi) is 3.61. The molecule has 0 atom stereocenters. The number of hydrogen-bond acceptors (Lipinski definition) is 2. The van der Waals surface area contributed by atoms with Gasteiger partial charge in [0.2, 0.25) is 0 Å². The van der Waals surface area contributed by atoms with E-state index in [1.165, 1.54) is 5.56 Å². The minimum Gasteiger partial charge on any atom is -0.385 e. The van der Waals surface area contributed by atoms with E-state index in [9.17, 15) is 0 Å². The molecule has 0 saturated carbocycles. The number of hydrogen-bond donors (Lipinski definition) is 1. The van der Waals surface area contributed by atoms with E-state index in [0.29, 0.717) is 6.61 Å². The largest absolute Gasteiger partial charge is 0.385 e. The number of nitrogens with one attached hydrogen (secondary N) is 1. The summed E-state index contributed by atoms with van der Waals surface area (Å²) in [6, 6.07) is 8.28. The first-order valence-corrected chi connectivity index (χ1v) is 4.18. The molecule has 0 saturated heterocycles. The maximum atomic E-state index is 5.01. The monoisotopic (exact) mass is 167 g/mol. The van der Waals surface area contributed by atoms with Gasteiger partial charge < -0.3 is 10.1 Å². The molecule has 0 radical (unpaired) electrons. The van der Waals surface area contributed by atoms with Gasteiger partial charge in [-0.05, 0) is 24.6 Å². The first-order valence-electron chi connectivity index (χ1n) is 4.18. The zero-order chi connectivity index (χ0) is 8.81. The number of benzene rings is 1. The third kappa shape index (κ3) is 2.55. The molecule has 12 heavy (non-hydrogen) atoms. The normalized spacial score (nSPS) is 9.83. The highest BCUT2D eigenvalue weighted by molar-refractivity contribution is 5.44. The van der Waals surface area contributed by atoms with Crippen LogP contribution in [0.5, 0.6) is 0 Å². The van der Waals surface area contributed by atoms with Crippen molar-refractivity contribution in [3.8, 4) is 0 Å². The smallest absolute Gasteiger partial charge is 0.0713 e. The van der Waals surface area contributed by atoms with E-state index in [1.807, 2.05) is 0 Å². The molecule has 68 valence electrons. The lowest BCUT2D eigenvalue weighted by Crippen LogP contribution is -1.96. The maximum absolute atomic E-state index is 5.01. The van der Waals surface area contributed by atoms with E-state index in [0.717, 1.165) is 12.2 Å². The molecule has 0 fully saturated rings. The fraction of sp³-hybridized carbons (Fsp3) is 0.400. The third-order valence-electron chi connectivity index (χ3n) is 1.65. The van der Waals surface area contributed by atoms with E-state index in [1.54, 1.807) is 7.11 Å². The molecule has 0 heterocycles. The van der Waals surface area contributed by atoms with Crippen LogP contribution >= 0.6 is 0 Å². The molecule has 0 bridgehead atoms. The molecule has 0 aliphatic heterocycles. The second-order valence-corrected chi connectivity index (χ2v) is 2.66. The molecule has 0 aromatic heterocycles. The first kappa shape index (κ1) is 9.07. The topological polar surface area (TPSA) is 21.3 Å². The highest BCUT2D eigenvalue weighted by Crippen LogP contribution is 2.09. The Hall–Kier alpha value is -1.02. The molecule has 1 aromatic carbocycles. The van der Waals surface area contributed by atoms with Gasteiger partial charge in [0.05, 0.1) is 6.61 Å². The lowest BCUT2D eigenvalue weighted by molar-refractivity contribution is 0.185. The summed E-state index contributed by atoms with van der Waals surface area (Å²) >= 11 is 0. The van der Waals surface area contributed by atoms with Gasteiger partial charge in [-0.1, -0.05) is 12.1 Å². The molecule has 2 heteroatoms. The number of ether oxygens (including phenoxy) is 1. The van der Waals surface area contributed by atoms with Gasteiger partial charge in [-0.2, -0.15) is 0 Å². The van der Waals surface area contributed by atoms with E-state index < -0.39 is 0 Å². The zero-order valence-corrected chi connectivity index (χ0v) is 7.63. The molecule has 0 unspecified atom stereocenters. The maximum Gasteiger partial charge on any atom is 0.0713 e. The summed E-state index contributed by atoms with van der Waals surface area (Å²) in [5, 5.41) is 3.24. The summed E-state index contributed by atoms with van der Waals surface area (Å²) in [5.74, 6) is 0. The van der Waals surface area contributed by atoms with E-state index in [-0.39, 0.29) is 1.43 Å². The fourth-order valence-corrected chi connectivity index (χ4v) is 1.09. The summed E-state index contributed by atoms with van der Waals surface area (Å²) in [7, 11) is 1.71. The summed E-state index contributed by atoms with van der Waals surface area (Å²) in [6.45, 7) is 3.74. The molecule has 1 rings (SSSR count). The lowest BCUT2D eigenvalue weighted by Gasteiger charge is -2.03. The standard InChI is InChI=1S/C10H15NO.H2/c1-3-11-10-6-4-9(5-7-10)8-12-2;/h4-7,11H,3,8H2,1-2H3;1H. The van der Waals surface area contributed by atoms with E-state index in [4.69, 9.17) is 4.74 Å². The van der Waals surface area contributed by atoms with Crippen molar-refractivity contribution < 1.29 is 6.16 Å². The number of methoxy groups -OCH3 is 1. The molecule has 0 aliphatic carbocycles. The van der Waals surface area contributed by atoms with Gasteiger partial charge in [-0.3, -0.25) is 0 Å². The Morgan fingerprint density at radius 1 is 1.33 bits per heavy atom. The Balaban J connectivity index is 0.00000144. The molecule has 0 spiro atoms. The Morgan fingerprint density at radius 3 is 2.50 bits per heavy atom. The third-order valence-corrected chi connectivity index (χ3v) is 1.65. The van der Waals surface area contributed by atoms with Crippen LogP contribution in [0.25, 0.3) is 0 Å². The Labute approximate surface area is 75.0 Å². The van der Waals surface area contributed by atoms with Crippen LogP contribution in [0, 0.1) is 0 Å². The van der Waals surface area contributed by atoms with Crippen LogP contribution in [-0.2, 0) is 11.3 Å². The number of rotatable bonds is 4. The minimum absolute atomic E-state index is 0. The molecule has 1 N–H and O–H groups in total. The van der Waals surface area contributed by atoms with Crippen LogP contribution in [-0.4, -0.2) is 13.7 Å². The van der Waals surface area contributed by atoms with Crippen molar-refractivity contribution in [2.45, 2.75) is 13.5 Å². The second-order valence-electron chi connectivity index (χ2n) is 2.66. The number of anilines is 1.